The average Bonchev–Trinajstić information content (AvgIpc) is 3.12. The van der Waals surface area contributed by atoms with Crippen LogP contribution in [0, 0.1) is 0 Å². The van der Waals surface area contributed by atoms with Gasteiger partial charge in [0, 0.05) is 19.6 Å². The first-order valence-corrected chi connectivity index (χ1v) is 8.04. The summed E-state index contributed by atoms with van der Waals surface area (Å²) in [6, 6.07) is 10.7. The van der Waals surface area contributed by atoms with E-state index >= 15 is 0 Å². The summed E-state index contributed by atoms with van der Waals surface area (Å²) in [5.74, 6) is 1.76. The van der Waals surface area contributed by atoms with E-state index in [-0.39, 0.29) is 0 Å². The molecule has 1 aromatic carbocycles. The highest BCUT2D eigenvalue weighted by molar-refractivity contribution is 7.16. The molecule has 4 rings (SSSR count). The van der Waals surface area contributed by atoms with Crippen LogP contribution in [0.1, 0.15) is 18.1 Å². The van der Waals surface area contributed by atoms with Crippen LogP contribution in [0.25, 0.3) is 10.2 Å². The first-order chi connectivity index (χ1) is 10.3. The average molecular weight is 296 g/mol. The quantitative estimate of drug-likeness (QED) is 0.801. The number of nitrogens with zero attached hydrogens (tertiary/aromatic N) is 3. The number of thiophene rings is 1. The summed E-state index contributed by atoms with van der Waals surface area (Å²) in [7, 11) is 0. The Bertz CT molecular complexity index is 771. The second kappa shape index (κ2) is 5.00. The largest absolute Gasteiger partial charge is 0.354 e. The van der Waals surface area contributed by atoms with E-state index in [1.807, 2.05) is 0 Å². The summed E-state index contributed by atoms with van der Waals surface area (Å²) in [6.07, 6.45) is 0. The Morgan fingerprint density at radius 1 is 1.14 bits per heavy atom. The molecule has 0 spiro atoms. The molecule has 3 aromatic rings. The Labute approximate surface area is 127 Å². The van der Waals surface area contributed by atoms with Gasteiger partial charge in [-0.05, 0) is 29.5 Å². The predicted octanol–water partition coefficient (Wildman–Crippen LogP) is 3.64. The smallest absolute Gasteiger partial charge is 0.226 e. The van der Waals surface area contributed by atoms with Gasteiger partial charge >= 0.3 is 0 Å². The first-order valence-electron chi connectivity index (χ1n) is 7.16. The van der Waals surface area contributed by atoms with Crippen molar-refractivity contribution in [1.29, 1.82) is 0 Å². The molecule has 0 atom stereocenters. The van der Waals surface area contributed by atoms with Gasteiger partial charge in [-0.2, -0.15) is 4.98 Å². The minimum Gasteiger partial charge on any atom is -0.354 e. The maximum atomic E-state index is 4.74. The standard InChI is InChI=1S/C16H16N4S/c1-2-17-16-18-14(13-7-8-21-15(13)19-16)20-9-11-5-3-4-6-12(11)10-20/h3-8H,2,9-10H2,1H3,(H,17,18,19). The molecular weight excluding hydrogens is 280 g/mol. The fourth-order valence-electron chi connectivity index (χ4n) is 2.80. The summed E-state index contributed by atoms with van der Waals surface area (Å²) in [5, 5.41) is 6.47. The molecule has 0 saturated heterocycles. The molecule has 2 aromatic heterocycles. The number of nitrogens with one attached hydrogen (secondary N) is 1. The van der Waals surface area contributed by atoms with Crippen LogP contribution in [0.2, 0.25) is 0 Å². The lowest BCUT2D eigenvalue weighted by Crippen LogP contribution is -2.17. The van der Waals surface area contributed by atoms with E-state index in [4.69, 9.17) is 4.98 Å². The Hall–Kier alpha value is -2.14. The van der Waals surface area contributed by atoms with Crippen molar-refractivity contribution in [1.82, 2.24) is 9.97 Å². The van der Waals surface area contributed by atoms with Crippen LogP contribution < -0.4 is 10.2 Å². The van der Waals surface area contributed by atoms with Crippen molar-refractivity contribution in [3.05, 3.63) is 46.8 Å². The molecule has 0 aliphatic carbocycles. The molecule has 21 heavy (non-hydrogen) atoms. The van der Waals surface area contributed by atoms with Crippen LogP contribution in [0.4, 0.5) is 11.8 Å². The second-order valence-electron chi connectivity index (χ2n) is 5.17. The molecular formula is C16H16N4S. The summed E-state index contributed by atoms with van der Waals surface area (Å²) >= 11 is 1.67. The number of rotatable bonds is 3. The maximum absolute atomic E-state index is 4.74. The Kier molecular flexibility index (Phi) is 3.00. The number of benzene rings is 1. The zero-order valence-corrected chi connectivity index (χ0v) is 12.7. The lowest BCUT2D eigenvalue weighted by Gasteiger charge is -2.18. The molecule has 106 valence electrons. The van der Waals surface area contributed by atoms with Gasteiger partial charge in [-0.15, -0.1) is 11.3 Å². The molecule has 4 nitrogen and oxygen atoms in total. The number of anilines is 2. The van der Waals surface area contributed by atoms with Crippen LogP contribution in [0.3, 0.4) is 0 Å². The highest BCUT2D eigenvalue weighted by atomic mass is 32.1. The van der Waals surface area contributed by atoms with Crippen molar-refractivity contribution < 1.29 is 0 Å². The zero-order valence-electron chi connectivity index (χ0n) is 11.8. The summed E-state index contributed by atoms with van der Waals surface area (Å²) in [4.78, 5) is 12.7. The molecule has 1 aliphatic heterocycles. The molecule has 1 aliphatic rings. The van der Waals surface area contributed by atoms with Gasteiger partial charge in [0.05, 0.1) is 5.39 Å². The number of aromatic nitrogens is 2. The van der Waals surface area contributed by atoms with E-state index in [0.29, 0.717) is 0 Å². The van der Waals surface area contributed by atoms with Crippen molar-refractivity contribution in [2.24, 2.45) is 0 Å². The van der Waals surface area contributed by atoms with Gasteiger partial charge in [-0.3, -0.25) is 0 Å². The molecule has 0 radical (unpaired) electrons. The zero-order chi connectivity index (χ0) is 14.2. The number of hydrogen-bond donors (Lipinski definition) is 1. The van der Waals surface area contributed by atoms with Crippen LogP contribution in [-0.2, 0) is 13.1 Å². The van der Waals surface area contributed by atoms with Crippen LogP contribution in [-0.4, -0.2) is 16.5 Å². The minimum absolute atomic E-state index is 0.721. The van der Waals surface area contributed by atoms with Gasteiger partial charge < -0.3 is 10.2 Å². The van der Waals surface area contributed by atoms with Crippen molar-refractivity contribution in [3.63, 3.8) is 0 Å². The fourth-order valence-corrected chi connectivity index (χ4v) is 3.56. The van der Waals surface area contributed by atoms with Gasteiger partial charge in [0.2, 0.25) is 5.95 Å². The molecule has 0 bridgehead atoms. The van der Waals surface area contributed by atoms with Crippen LogP contribution in [0.5, 0.6) is 0 Å². The predicted molar refractivity (Wildman–Crippen MR) is 87.9 cm³/mol. The van der Waals surface area contributed by atoms with Crippen LogP contribution >= 0.6 is 11.3 Å². The Morgan fingerprint density at radius 2 is 1.90 bits per heavy atom. The fraction of sp³-hybridized carbons (Fsp3) is 0.250. The lowest BCUT2D eigenvalue weighted by atomic mass is 10.1. The Morgan fingerprint density at radius 3 is 2.62 bits per heavy atom. The van der Waals surface area contributed by atoms with E-state index < -0.39 is 0 Å². The minimum atomic E-state index is 0.721. The third-order valence-electron chi connectivity index (χ3n) is 3.78. The maximum Gasteiger partial charge on any atom is 0.226 e. The molecule has 0 fully saturated rings. The van der Waals surface area contributed by atoms with Crippen molar-refractivity contribution >= 4 is 33.3 Å². The molecule has 5 heteroatoms. The summed E-state index contributed by atoms with van der Waals surface area (Å²) < 4.78 is 0. The second-order valence-corrected chi connectivity index (χ2v) is 6.06. The number of fused-ring (bicyclic) bond motifs is 2. The van der Waals surface area contributed by atoms with Gasteiger partial charge in [0.15, 0.2) is 0 Å². The number of hydrogen-bond acceptors (Lipinski definition) is 5. The topological polar surface area (TPSA) is 41.1 Å². The molecule has 3 heterocycles. The van der Waals surface area contributed by atoms with Gasteiger partial charge in [-0.25, -0.2) is 4.98 Å². The van der Waals surface area contributed by atoms with Crippen molar-refractivity contribution in [3.8, 4) is 0 Å². The van der Waals surface area contributed by atoms with Gasteiger partial charge in [0.25, 0.3) is 0 Å². The highest BCUT2D eigenvalue weighted by Gasteiger charge is 2.22. The van der Waals surface area contributed by atoms with Crippen molar-refractivity contribution in [2.75, 3.05) is 16.8 Å². The monoisotopic (exact) mass is 296 g/mol. The van der Waals surface area contributed by atoms with E-state index in [9.17, 15) is 0 Å². The highest BCUT2D eigenvalue weighted by Crippen LogP contribution is 2.34. The molecule has 0 amide bonds. The summed E-state index contributed by atoms with van der Waals surface area (Å²) in [5.41, 5.74) is 2.79. The first kappa shape index (κ1) is 12.6. The van der Waals surface area contributed by atoms with E-state index in [2.05, 4.69) is 57.8 Å². The van der Waals surface area contributed by atoms with Crippen LogP contribution in [0.15, 0.2) is 35.7 Å². The Balaban J connectivity index is 1.78. The lowest BCUT2D eigenvalue weighted by molar-refractivity contribution is 0.860. The molecule has 0 saturated carbocycles. The van der Waals surface area contributed by atoms with Gasteiger partial charge in [0.1, 0.15) is 10.6 Å². The van der Waals surface area contributed by atoms with E-state index in [0.717, 1.165) is 41.6 Å². The van der Waals surface area contributed by atoms with Gasteiger partial charge in [-0.1, -0.05) is 24.3 Å². The molecule has 0 unspecified atom stereocenters. The SMILES string of the molecule is CCNc1nc(N2Cc3ccccc3C2)c2ccsc2n1. The van der Waals surface area contributed by atoms with E-state index in [1.54, 1.807) is 11.3 Å². The molecule has 1 N–H and O–H groups in total. The van der Waals surface area contributed by atoms with Crippen molar-refractivity contribution in [2.45, 2.75) is 20.0 Å². The third-order valence-corrected chi connectivity index (χ3v) is 4.59. The van der Waals surface area contributed by atoms with E-state index in [1.165, 1.54) is 11.1 Å². The normalized spacial score (nSPS) is 13.7. The third kappa shape index (κ3) is 2.14. The summed E-state index contributed by atoms with van der Waals surface area (Å²) in [6.45, 7) is 4.73.